The Kier molecular flexibility index (Phi) is 5.20. The number of carbonyl (C=O) groups is 1. The van der Waals surface area contributed by atoms with E-state index in [4.69, 9.17) is 0 Å². The van der Waals surface area contributed by atoms with Crippen LogP contribution < -0.4 is 0 Å². The van der Waals surface area contributed by atoms with Crippen molar-refractivity contribution >= 4 is 15.7 Å². The van der Waals surface area contributed by atoms with Crippen LogP contribution in [0.5, 0.6) is 0 Å². The van der Waals surface area contributed by atoms with Gasteiger partial charge in [-0.1, -0.05) is 12.1 Å². The first-order valence-electron chi connectivity index (χ1n) is 8.40. The van der Waals surface area contributed by atoms with E-state index >= 15 is 0 Å². The Bertz CT molecular complexity index is 694. The highest BCUT2D eigenvalue weighted by Gasteiger charge is 2.31. The van der Waals surface area contributed by atoms with Crippen LogP contribution in [0.25, 0.3) is 0 Å². The molecular formula is C17H23FN2O3S. The summed E-state index contributed by atoms with van der Waals surface area (Å²) in [4.78, 5) is 16.4. The number of nitrogens with zero attached hydrogens (tertiary/aromatic N) is 2. The Balaban J connectivity index is 1.57. The van der Waals surface area contributed by atoms with Crippen LogP contribution in [0.4, 0.5) is 4.39 Å². The van der Waals surface area contributed by atoms with Gasteiger partial charge in [0.05, 0.1) is 18.1 Å². The highest BCUT2D eigenvalue weighted by Crippen LogP contribution is 2.22. The van der Waals surface area contributed by atoms with Gasteiger partial charge in [0.25, 0.3) is 0 Å². The summed E-state index contributed by atoms with van der Waals surface area (Å²) in [5, 5.41) is 0. The third-order valence-electron chi connectivity index (χ3n) is 4.85. The van der Waals surface area contributed by atoms with Crippen molar-refractivity contribution in [2.24, 2.45) is 0 Å². The van der Waals surface area contributed by atoms with Crippen LogP contribution in [-0.2, 0) is 21.1 Å². The number of rotatable bonds is 4. The van der Waals surface area contributed by atoms with E-state index in [1.807, 2.05) is 15.9 Å². The van der Waals surface area contributed by atoms with Crippen molar-refractivity contribution in [1.29, 1.82) is 0 Å². The lowest BCUT2D eigenvalue weighted by Gasteiger charge is -2.30. The second-order valence-corrected chi connectivity index (χ2v) is 8.95. The molecule has 2 heterocycles. The molecule has 2 fully saturated rings. The van der Waals surface area contributed by atoms with Crippen molar-refractivity contribution < 1.29 is 17.6 Å². The van der Waals surface area contributed by atoms with Crippen LogP contribution in [0.1, 0.15) is 18.4 Å². The zero-order valence-electron chi connectivity index (χ0n) is 13.7. The van der Waals surface area contributed by atoms with Crippen LogP contribution in [0.3, 0.4) is 0 Å². The maximum atomic E-state index is 13.3. The minimum absolute atomic E-state index is 0.0493. The second kappa shape index (κ2) is 7.19. The summed E-state index contributed by atoms with van der Waals surface area (Å²) in [5.74, 6) is 0.0612. The fourth-order valence-corrected chi connectivity index (χ4v) is 4.78. The summed E-state index contributed by atoms with van der Waals surface area (Å²) in [6, 6.07) is 6.63. The van der Waals surface area contributed by atoms with Gasteiger partial charge in [-0.05, 0) is 37.0 Å². The molecule has 2 aliphatic rings. The quantitative estimate of drug-likeness (QED) is 0.812. The van der Waals surface area contributed by atoms with Crippen molar-refractivity contribution in [2.75, 3.05) is 37.7 Å². The molecule has 132 valence electrons. The van der Waals surface area contributed by atoms with E-state index in [1.54, 1.807) is 6.07 Å². The molecule has 0 aliphatic carbocycles. The summed E-state index contributed by atoms with van der Waals surface area (Å²) < 4.78 is 36.3. The number of hydrogen-bond donors (Lipinski definition) is 0. The zero-order chi connectivity index (χ0) is 17.2. The molecule has 0 bridgehead atoms. The first-order chi connectivity index (χ1) is 11.4. The molecule has 0 saturated carbocycles. The van der Waals surface area contributed by atoms with Gasteiger partial charge in [0.1, 0.15) is 5.82 Å². The Morgan fingerprint density at radius 2 is 1.96 bits per heavy atom. The Labute approximate surface area is 142 Å². The standard InChI is InChI=1S/C17H23FN2O3S/c18-15-4-1-3-14(11-15)12-16-5-2-6-20(16)17(21)13-19-7-9-24(22,23)10-8-19/h1,3-4,11,16H,2,5-10,12-13H2. The molecule has 1 unspecified atom stereocenters. The number of amides is 1. The summed E-state index contributed by atoms with van der Waals surface area (Å²) in [6.45, 7) is 1.85. The fourth-order valence-electron chi connectivity index (χ4n) is 3.50. The first-order valence-corrected chi connectivity index (χ1v) is 10.2. The van der Waals surface area contributed by atoms with Crippen molar-refractivity contribution in [3.8, 4) is 0 Å². The van der Waals surface area contributed by atoms with E-state index in [0.29, 0.717) is 19.5 Å². The largest absolute Gasteiger partial charge is 0.338 e. The molecule has 0 aromatic heterocycles. The lowest BCUT2D eigenvalue weighted by molar-refractivity contribution is -0.133. The van der Waals surface area contributed by atoms with E-state index in [1.165, 1.54) is 12.1 Å². The zero-order valence-corrected chi connectivity index (χ0v) is 14.5. The lowest BCUT2D eigenvalue weighted by Crippen LogP contribution is -2.48. The van der Waals surface area contributed by atoms with Gasteiger partial charge in [-0.3, -0.25) is 9.69 Å². The van der Waals surface area contributed by atoms with Crippen LogP contribution >= 0.6 is 0 Å². The van der Waals surface area contributed by atoms with Gasteiger partial charge >= 0.3 is 0 Å². The molecule has 1 atom stereocenters. The third kappa shape index (κ3) is 4.33. The van der Waals surface area contributed by atoms with Crippen LogP contribution in [-0.4, -0.2) is 67.9 Å². The van der Waals surface area contributed by atoms with E-state index in [0.717, 1.165) is 24.9 Å². The average Bonchev–Trinajstić information content (AvgIpc) is 2.98. The predicted octanol–water partition coefficient (Wildman–Crippen LogP) is 1.09. The van der Waals surface area contributed by atoms with E-state index < -0.39 is 9.84 Å². The van der Waals surface area contributed by atoms with E-state index in [9.17, 15) is 17.6 Å². The van der Waals surface area contributed by atoms with Crippen LogP contribution in [0, 0.1) is 5.82 Å². The Hall–Kier alpha value is -1.47. The van der Waals surface area contributed by atoms with Gasteiger partial charge in [-0.15, -0.1) is 0 Å². The monoisotopic (exact) mass is 354 g/mol. The molecule has 24 heavy (non-hydrogen) atoms. The molecule has 3 rings (SSSR count). The number of likely N-dealkylation sites (tertiary alicyclic amines) is 1. The Morgan fingerprint density at radius 1 is 1.21 bits per heavy atom. The summed E-state index contributed by atoms with van der Waals surface area (Å²) >= 11 is 0. The molecule has 1 amide bonds. The summed E-state index contributed by atoms with van der Waals surface area (Å²) in [7, 11) is -2.93. The highest BCUT2D eigenvalue weighted by atomic mass is 32.2. The number of hydrogen-bond acceptors (Lipinski definition) is 4. The van der Waals surface area contributed by atoms with Crippen LogP contribution in [0.2, 0.25) is 0 Å². The fraction of sp³-hybridized carbons (Fsp3) is 0.588. The van der Waals surface area contributed by atoms with Gasteiger partial charge in [0, 0.05) is 25.7 Å². The minimum Gasteiger partial charge on any atom is -0.338 e. The maximum Gasteiger partial charge on any atom is 0.237 e. The molecule has 2 aliphatic heterocycles. The molecular weight excluding hydrogens is 331 g/mol. The number of benzene rings is 1. The first kappa shape index (κ1) is 17.4. The van der Waals surface area contributed by atoms with Crippen molar-refractivity contribution in [3.05, 3.63) is 35.6 Å². The van der Waals surface area contributed by atoms with Gasteiger partial charge < -0.3 is 4.90 Å². The second-order valence-electron chi connectivity index (χ2n) is 6.65. The molecule has 0 N–H and O–H groups in total. The molecule has 5 nitrogen and oxygen atoms in total. The average molecular weight is 354 g/mol. The predicted molar refractivity (Wildman–Crippen MR) is 89.9 cm³/mol. The maximum absolute atomic E-state index is 13.3. The normalized spacial score (nSPS) is 24.2. The van der Waals surface area contributed by atoms with Crippen molar-refractivity contribution in [1.82, 2.24) is 9.80 Å². The smallest absolute Gasteiger partial charge is 0.237 e. The molecule has 1 aromatic rings. The third-order valence-corrected chi connectivity index (χ3v) is 6.46. The number of halogens is 1. The molecule has 1 aromatic carbocycles. The summed E-state index contributed by atoms with van der Waals surface area (Å²) in [6.07, 6.45) is 2.55. The van der Waals surface area contributed by atoms with E-state index in [2.05, 4.69) is 0 Å². The van der Waals surface area contributed by atoms with E-state index in [-0.39, 0.29) is 35.8 Å². The molecule has 0 radical (unpaired) electrons. The van der Waals surface area contributed by atoms with Gasteiger partial charge in [0.15, 0.2) is 9.84 Å². The summed E-state index contributed by atoms with van der Waals surface area (Å²) in [5.41, 5.74) is 0.906. The lowest BCUT2D eigenvalue weighted by atomic mass is 10.0. The van der Waals surface area contributed by atoms with Gasteiger partial charge in [-0.2, -0.15) is 0 Å². The topological polar surface area (TPSA) is 57.7 Å². The molecule has 7 heteroatoms. The van der Waals surface area contributed by atoms with Crippen molar-refractivity contribution in [3.63, 3.8) is 0 Å². The molecule has 0 spiro atoms. The SMILES string of the molecule is O=C(CN1CCS(=O)(=O)CC1)N1CCCC1Cc1cccc(F)c1. The number of carbonyl (C=O) groups excluding carboxylic acids is 1. The molecule has 2 saturated heterocycles. The Morgan fingerprint density at radius 3 is 2.67 bits per heavy atom. The number of sulfone groups is 1. The van der Waals surface area contributed by atoms with Crippen LogP contribution in [0.15, 0.2) is 24.3 Å². The minimum atomic E-state index is -2.93. The van der Waals surface area contributed by atoms with Gasteiger partial charge in [-0.25, -0.2) is 12.8 Å². The highest BCUT2D eigenvalue weighted by molar-refractivity contribution is 7.91. The van der Waals surface area contributed by atoms with Gasteiger partial charge in [0.2, 0.25) is 5.91 Å². The van der Waals surface area contributed by atoms with Crippen molar-refractivity contribution in [2.45, 2.75) is 25.3 Å².